The van der Waals surface area contributed by atoms with Gasteiger partial charge in [-0.3, -0.25) is 0 Å². The van der Waals surface area contributed by atoms with Crippen LogP contribution in [0.15, 0.2) is 34.6 Å². The molecular formula is C10H12N4S. The van der Waals surface area contributed by atoms with Crippen molar-refractivity contribution in [2.24, 2.45) is 7.05 Å². The third-order valence-electron chi connectivity index (χ3n) is 2.13. The van der Waals surface area contributed by atoms with Crippen molar-refractivity contribution >= 4 is 17.4 Å². The molecule has 0 saturated carbocycles. The molecule has 0 atom stereocenters. The highest BCUT2D eigenvalue weighted by Crippen LogP contribution is 2.27. The molecule has 15 heavy (non-hydrogen) atoms. The minimum absolute atomic E-state index is 0.808. The molecule has 5 heteroatoms. The average molecular weight is 220 g/mol. The molecule has 0 aliphatic rings. The van der Waals surface area contributed by atoms with Crippen LogP contribution in [-0.4, -0.2) is 14.8 Å². The largest absolute Gasteiger partial charge is 0.398 e. The predicted molar refractivity (Wildman–Crippen MR) is 60.7 cm³/mol. The summed E-state index contributed by atoms with van der Waals surface area (Å²) in [5.41, 5.74) is 7.73. The van der Waals surface area contributed by atoms with E-state index in [2.05, 4.69) is 10.2 Å². The molecule has 0 spiro atoms. The minimum atomic E-state index is 0.808. The van der Waals surface area contributed by atoms with Crippen LogP contribution in [0, 0.1) is 6.92 Å². The molecule has 1 aromatic carbocycles. The predicted octanol–water partition coefficient (Wildman–Crippen LogP) is 1.86. The van der Waals surface area contributed by atoms with Crippen molar-refractivity contribution in [3.8, 4) is 0 Å². The molecule has 0 unspecified atom stereocenters. The van der Waals surface area contributed by atoms with Crippen LogP contribution in [0.4, 0.5) is 5.69 Å². The molecule has 2 rings (SSSR count). The van der Waals surface area contributed by atoms with Crippen molar-refractivity contribution < 1.29 is 0 Å². The normalized spacial score (nSPS) is 10.5. The van der Waals surface area contributed by atoms with E-state index < -0.39 is 0 Å². The summed E-state index contributed by atoms with van der Waals surface area (Å²) < 4.78 is 1.88. The van der Waals surface area contributed by atoms with Crippen molar-refractivity contribution in [3.05, 3.63) is 30.1 Å². The Morgan fingerprint density at radius 1 is 1.40 bits per heavy atom. The lowest BCUT2D eigenvalue weighted by atomic mass is 10.2. The first-order valence-corrected chi connectivity index (χ1v) is 5.36. The fourth-order valence-electron chi connectivity index (χ4n) is 1.15. The zero-order chi connectivity index (χ0) is 10.8. The lowest BCUT2D eigenvalue weighted by Gasteiger charge is -2.03. The van der Waals surface area contributed by atoms with Crippen molar-refractivity contribution in [1.82, 2.24) is 14.8 Å². The van der Waals surface area contributed by atoms with Crippen LogP contribution < -0.4 is 5.73 Å². The molecule has 0 bridgehead atoms. The van der Waals surface area contributed by atoms with Crippen molar-refractivity contribution in [2.45, 2.75) is 17.0 Å². The Morgan fingerprint density at radius 3 is 2.80 bits per heavy atom. The second-order valence-corrected chi connectivity index (χ2v) is 4.39. The molecule has 0 fully saturated rings. The van der Waals surface area contributed by atoms with Gasteiger partial charge < -0.3 is 10.3 Å². The van der Waals surface area contributed by atoms with Crippen molar-refractivity contribution in [1.29, 1.82) is 0 Å². The standard InChI is InChI=1S/C10H12N4S/c1-7-3-4-8(5-9(7)11)15-10-13-12-6-14(10)2/h3-6H,11H2,1-2H3. The van der Waals surface area contributed by atoms with Gasteiger partial charge in [-0.2, -0.15) is 0 Å². The maximum absolute atomic E-state index is 5.83. The number of rotatable bonds is 2. The maximum atomic E-state index is 5.83. The van der Waals surface area contributed by atoms with Gasteiger partial charge in [0.15, 0.2) is 5.16 Å². The van der Waals surface area contributed by atoms with Gasteiger partial charge in [-0.05, 0) is 36.4 Å². The van der Waals surface area contributed by atoms with E-state index in [1.807, 2.05) is 36.7 Å². The van der Waals surface area contributed by atoms with Gasteiger partial charge in [-0.1, -0.05) is 6.07 Å². The second-order valence-electron chi connectivity index (χ2n) is 3.34. The first-order chi connectivity index (χ1) is 7.16. The Hall–Kier alpha value is -1.49. The van der Waals surface area contributed by atoms with Crippen LogP contribution in [0.5, 0.6) is 0 Å². The van der Waals surface area contributed by atoms with Gasteiger partial charge in [0.25, 0.3) is 0 Å². The van der Waals surface area contributed by atoms with Crippen LogP contribution in [0.2, 0.25) is 0 Å². The van der Waals surface area contributed by atoms with E-state index in [-0.39, 0.29) is 0 Å². The third kappa shape index (κ3) is 2.12. The summed E-state index contributed by atoms with van der Waals surface area (Å²) in [6.07, 6.45) is 1.68. The van der Waals surface area contributed by atoms with Crippen LogP contribution in [-0.2, 0) is 7.05 Å². The zero-order valence-electron chi connectivity index (χ0n) is 8.64. The van der Waals surface area contributed by atoms with Gasteiger partial charge >= 0.3 is 0 Å². The Morgan fingerprint density at radius 2 is 2.20 bits per heavy atom. The van der Waals surface area contributed by atoms with E-state index in [1.165, 1.54) is 0 Å². The van der Waals surface area contributed by atoms with Crippen LogP contribution in [0.1, 0.15) is 5.56 Å². The fourth-order valence-corrected chi connectivity index (χ4v) is 1.96. The van der Waals surface area contributed by atoms with Crippen molar-refractivity contribution in [3.63, 3.8) is 0 Å². The van der Waals surface area contributed by atoms with Crippen LogP contribution >= 0.6 is 11.8 Å². The molecule has 4 nitrogen and oxygen atoms in total. The molecule has 0 aliphatic carbocycles. The van der Waals surface area contributed by atoms with Gasteiger partial charge in [0.1, 0.15) is 6.33 Å². The van der Waals surface area contributed by atoms with Gasteiger partial charge in [0, 0.05) is 17.6 Å². The smallest absolute Gasteiger partial charge is 0.195 e. The van der Waals surface area contributed by atoms with E-state index >= 15 is 0 Å². The third-order valence-corrected chi connectivity index (χ3v) is 3.17. The van der Waals surface area contributed by atoms with E-state index in [1.54, 1.807) is 18.1 Å². The van der Waals surface area contributed by atoms with Crippen LogP contribution in [0.25, 0.3) is 0 Å². The van der Waals surface area contributed by atoms with Gasteiger partial charge in [-0.25, -0.2) is 0 Å². The number of benzene rings is 1. The molecule has 0 saturated heterocycles. The minimum Gasteiger partial charge on any atom is -0.398 e. The topological polar surface area (TPSA) is 56.7 Å². The molecule has 1 aromatic heterocycles. The number of hydrogen-bond donors (Lipinski definition) is 1. The maximum Gasteiger partial charge on any atom is 0.195 e. The number of hydrogen-bond acceptors (Lipinski definition) is 4. The molecule has 0 amide bonds. The lowest BCUT2D eigenvalue weighted by molar-refractivity contribution is 0.788. The first-order valence-electron chi connectivity index (χ1n) is 4.55. The Kier molecular flexibility index (Phi) is 2.64. The van der Waals surface area contributed by atoms with E-state index in [0.29, 0.717) is 0 Å². The van der Waals surface area contributed by atoms with E-state index in [0.717, 1.165) is 21.3 Å². The Bertz CT molecular complexity index is 478. The average Bonchev–Trinajstić information content (AvgIpc) is 2.59. The molecule has 78 valence electrons. The highest BCUT2D eigenvalue weighted by Gasteiger charge is 2.04. The summed E-state index contributed by atoms with van der Waals surface area (Å²) in [5.74, 6) is 0. The zero-order valence-corrected chi connectivity index (χ0v) is 9.45. The summed E-state index contributed by atoms with van der Waals surface area (Å²) >= 11 is 1.55. The summed E-state index contributed by atoms with van der Waals surface area (Å²) in [4.78, 5) is 1.08. The molecule has 0 aliphatic heterocycles. The van der Waals surface area contributed by atoms with Gasteiger partial charge in [-0.15, -0.1) is 10.2 Å². The van der Waals surface area contributed by atoms with Gasteiger partial charge in [0.05, 0.1) is 0 Å². The molecule has 2 aromatic rings. The second kappa shape index (κ2) is 3.94. The molecular weight excluding hydrogens is 208 g/mol. The van der Waals surface area contributed by atoms with Crippen LogP contribution in [0.3, 0.4) is 0 Å². The van der Waals surface area contributed by atoms with E-state index in [4.69, 9.17) is 5.73 Å². The molecule has 0 radical (unpaired) electrons. The van der Waals surface area contributed by atoms with Crippen molar-refractivity contribution in [2.75, 3.05) is 5.73 Å². The Labute approximate surface area is 92.5 Å². The fraction of sp³-hybridized carbons (Fsp3) is 0.200. The van der Waals surface area contributed by atoms with Gasteiger partial charge in [0.2, 0.25) is 0 Å². The number of nitrogens with zero attached hydrogens (tertiary/aromatic N) is 3. The highest BCUT2D eigenvalue weighted by molar-refractivity contribution is 7.99. The SMILES string of the molecule is Cc1ccc(Sc2nncn2C)cc1N. The van der Waals surface area contributed by atoms with E-state index in [9.17, 15) is 0 Å². The monoisotopic (exact) mass is 220 g/mol. The number of nitrogens with two attached hydrogens (primary N) is 1. The lowest BCUT2D eigenvalue weighted by Crippen LogP contribution is -1.91. The summed E-state index contributed by atoms with van der Waals surface area (Å²) in [6.45, 7) is 1.99. The number of aromatic nitrogens is 3. The molecule has 1 heterocycles. The number of anilines is 1. The summed E-state index contributed by atoms with van der Waals surface area (Å²) in [6, 6.07) is 5.99. The Balaban J connectivity index is 2.25. The summed E-state index contributed by atoms with van der Waals surface area (Å²) in [7, 11) is 1.92. The summed E-state index contributed by atoms with van der Waals surface area (Å²) in [5, 5.41) is 8.68. The quantitative estimate of drug-likeness (QED) is 0.785. The molecule has 2 N–H and O–H groups in total. The number of aryl methyl sites for hydroxylation is 2. The first kappa shape index (κ1) is 10.0. The highest BCUT2D eigenvalue weighted by atomic mass is 32.2. The number of nitrogen functional groups attached to an aromatic ring is 1.